The average Bonchev–Trinajstić information content (AvgIpc) is 3.08. The van der Waals surface area contributed by atoms with Gasteiger partial charge in [-0.15, -0.1) is 0 Å². The molecule has 0 saturated carbocycles. The average molecular weight is 360 g/mol. The van der Waals surface area contributed by atoms with Crippen molar-refractivity contribution in [3.05, 3.63) is 52.8 Å². The third-order valence-electron chi connectivity index (χ3n) is 5.15. The third-order valence-corrected chi connectivity index (χ3v) is 5.15. The number of carbonyl (C=O) groups is 2. The van der Waals surface area contributed by atoms with E-state index in [0.29, 0.717) is 19.3 Å². The van der Waals surface area contributed by atoms with E-state index in [1.165, 1.54) is 23.5 Å². The molecule has 1 N–H and O–H groups in total. The highest BCUT2D eigenvalue weighted by Gasteiger charge is 2.52. The van der Waals surface area contributed by atoms with Gasteiger partial charge in [-0.1, -0.05) is 24.3 Å². The Bertz CT molecular complexity index is 895. The Morgan fingerprint density at radius 3 is 2.73 bits per heavy atom. The molecular formula is C18H18F2N4O2. The van der Waals surface area contributed by atoms with Gasteiger partial charge >= 0.3 is 6.03 Å². The van der Waals surface area contributed by atoms with E-state index in [9.17, 15) is 18.4 Å². The maximum atomic E-state index is 13.1. The molecule has 2 heterocycles. The SMILES string of the molecule is Cn1cc(CN2C(=O)NC3(CCc4ccccc4C3)C2=O)c(C(F)F)n1. The van der Waals surface area contributed by atoms with Gasteiger partial charge in [0, 0.05) is 25.2 Å². The molecule has 1 aliphatic heterocycles. The second-order valence-corrected chi connectivity index (χ2v) is 6.86. The highest BCUT2D eigenvalue weighted by molar-refractivity contribution is 6.07. The Balaban J connectivity index is 1.61. The largest absolute Gasteiger partial charge is 0.325 e. The minimum absolute atomic E-state index is 0.180. The molecule has 1 spiro atoms. The fourth-order valence-electron chi connectivity index (χ4n) is 3.88. The number of aryl methyl sites for hydroxylation is 2. The van der Waals surface area contributed by atoms with Crippen LogP contribution in [-0.4, -0.2) is 32.2 Å². The number of carbonyl (C=O) groups excluding carboxylic acids is 2. The van der Waals surface area contributed by atoms with Gasteiger partial charge in [0.05, 0.1) is 6.54 Å². The third kappa shape index (κ3) is 2.56. The molecular weight excluding hydrogens is 342 g/mol. The molecule has 1 saturated heterocycles. The Morgan fingerprint density at radius 2 is 2.00 bits per heavy atom. The number of halogens is 2. The van der Waals surface area contributed by atoms with Gasteiger partial charge in [-0.2, -0.15) is 5.10 Å². The van der Waals surface area contributed by atoms with Gasteiger partial charge in [0.15, 0.2) is 0 Å². The number of amides is 3. The van der Waals surface area contributed by atoms with Gasteiger partial charge < -0.3 is 5.32 Å². The number of hydrogen-bond donors (Lipinski definition) is 1. The van der Waals surface area contributed by atoms with Crippen molar-refractivity contribution in [1.82, 2.24) is 20.0 Å². The maximum Gasteiger partial charge on any atom is 0.325 e. The van der Waals surface area contributed by atoms with Crippen molar-refractivity contribution in [3.63, 3.8) is 0 Å². The van der Waals surface area contributed by atoms with E-state index in [1.807, 2.05) is 24.3 Å². The summed E-state index contributed by atoms with van der Waals surface area (Å²) in [6.45, 7) is -0.207. The number of urea groups is 1. The predicted molar refractivity (Wildman–Crippen MR) is 88.4 cm³/mol. The van der Waals surface area contributed by atoms with Crippen LogP contribution < -0.4 is 5.32 Å². The van der Waals surface area contributed by atoms with Gasteiger partial charge in [-0.05, 0) is 24.0 Å². The lowest BCUT2D eigenvalue weighted by atomic mass is 9.78. The van der Waals surface area contributed by atoms with Crippen molar-refractivity contribution in [1.29, 1.82) is 0 Å². The summed E-state index contributed by atoms with van der Waals surface area (Å²) in [5.41, 5.74) is 0.996. The van der Waals surface area contributed by atoms with Crippen LogP contribution in [0.3, 0.4) is 0 Å². The van der Waals surface area contributed by atoms with Gasteiger partial charge in [-0.3, -0.25) is 14.4 Å². The van der Waals surface area contributed by atoms with Crippen LogP contribution in [0, 0.1) is 0 Å². The van der Waals surface area contributed by atoms with E-state index in [1.54, 1.807) is 0 Å². The van der Waals surface area contributed by atoms with E-state index in [2.05, 4.69) is 10.4 Å². The van der Waals surface area contributed by atoms with E-state index in [-0.39, 0.29) is 18.0 Å². The lowest BCUT2D eigenvalue weighted by molar-refractivity contribution is -0.132. The molecule has 1 aromatic carbocycles. The normalized spacial score (nSPS) is 22.2. The van der Waals surface area contributed by atoms with E-state index < -0.39 is 23.7 Å². The van der Waals surface area contributed by atoms with Gasteiger partial charge in [0.25, 0.3) is 12.3 Å². The number of nitrogens with one attached hydrogen (secondary N) is 1. The summed E-state index contributed by atoms with van der Waals surface area (Å²) in [6, 6.07) is 7.28. The summed E-state index contributed by atoms with van der Waals surface area (Å²) in [6.07, 6.45) is 0.259. The standard InChI is InChI=1S/C18H18F2N4O2/c1-23-9-13(14(22-23)15(19)20)10-24-16(25)18(21-17(24)26)7-6-11-4-2-3-5-12(11)8-18/h2-5,9,15H,6-8,10H2,1H3,(H,21,26). The molecule has 2 aromatic rings. The zero-order valence-electron chi connectivity index (χ0n) is 14.2. The molecule has 1 atom stereocenters. The molecule has 3 amide bonds. The molecule has 136 valence electrons. The Kier molecular flexibility index (Phi) is 3.78. The summed E-state index contributed by atoms with van der Waals surface area (Å²) < 4.78 is 27.6. The van der Waals surface area contributed by atoms with Crippen LogP contribution in [0.1, 0.15) is 35.2 Å². The zero-order chi connectivity index (χ0) is 18.5. The van der Waals surface area contributed by atoms with Crippen LogP contribution in [0.4, 0.5) is 13.6 Å². The van der Waals surface area contributed by atoms with E-state index in [4.69, 9.17) is 0 Å². The first kappa shape index (κ1) is 16.7. The molecule has 1 unspecified atom stereocenters. The minimum Gasteiger partial charge on any atom is -0.323 e. The molecule has 0 radical (unpaired) electrons. The first-order valence-electron chi connectivity index (χ1n) is 8.41. The zero-order valence-corrected chi connectivity index (χ0v) is 14.2. The molecule has 6 nitrogen and oxygen atoms in total. The molecule has 0 bridgehead atoms. The highest BCUT2D eigenvalue weighted by Crippen LogP contribution is 2.34. The molecule has 8 heteroatoms. The molecule has 4 rings (SSSR count). The smallest absolute Gasteiger partial charge is 0.323 e. The Morgan fingerprint density at radius 1 is 1.27 bits per heavy atom. The van der Waals surface area contributed by atoms with Gasteiger partial charge in [-0.25, -0.2) is 13.6 Å². The van der Waals surface area contributed by atoms with Crippen molar-refractivity contribution >= 4 is 11.9 Å². The summed E-state index contributed by atoms with van der Waals surface area (Å²) in [5.74, 6) is -0.360. The van der Waals surface area contributed by atoms with Crippen LogP contribution in [0.2, 0.25) is 0 Å². The van der Waals surface area contributed by atoms with Crippen LogP contribution in [0.25, 0.3) is 0 Å². The number of hydrogen-bond acceptors (Lipinski definition) is 3. The summed E-state index contributed by atoms with van der Waals surface area (Å²) in [4.78, 5) is 26.5. The quantitative estimate of drug-likeness (QED) is 0.855. The van der Waals surface area contributed by atoms with Crippen LogP contribution in [0.5, 0.6) is 0 Å². The van der Waals surface area contributed by atoms with Crippen LogP contribution in [-0.2, 0) is 31.2 Å². The van der Waals surface area contributed by atoms with E-state index >= 15 is 0 Å². The fraction of sp³-hybridized carbons (Fsp3) is 0.389. The summed E-state index contributed by atoms with van der Waals surface area (Å²) >= 11 is 0. The molecule has 1 aromatic heterocycles. The predicted octanol–water partition coefficient (Wildman–Crippen LogP) is 2.34. The number of fused-ring (bicyclic) bond motifs is 1. The number of rotatable bonds is 3. The number of alkyl halides is 2. The highest BCUT2D eigenvalue weighted by atomic mass is 19.3. The monoisotopic (exact) mass is 360 g/mol. The summed E-state index contributed by atoms with van der Waals surface area (Å²) in [7, 11) is 1.53. The van der Waals surface area contributed by atoms with Crippen molar-refractivity contribution < 1.29 is 18.4 Å². The molecule has 1 aliphatic carbocycles. The van der Waals surface area contributed by atoms with Crippen LogP contribution in [0.15, 0.2) is 30.5 Å². The topological polar surface area (TPSA) is 67.2 Å². The molecule has 2 aliphatic rings. The number of nitrogens with zero attached hydrogens (tertiary/aromatic N) is 3. The second kappa shape index (κ2) is 5.89. The Labute approximate surface area is 148 Å². The first-order chi connectivity index (χ1) is 12.4. The molecule has 1 fully saturated rings. The fourth-order valence-corrected chi connectivity index (χ4v) is 3.88. The molecule has 26 heavy (non-hydrogen) atoms. The second-order valence-electron chi connectivity index (χ2n) is 6.86. The summed E-state index contributed by atoms with van der Waals surface area (Å²) in [5, 5.41) is 6.54. The Hall–Kier alpha value is -2.77. The van der Waals surface area contributed by atoms with Crippen LogP contribution >= 0.6 is 0 Å². The van der Waals surface area contributed by atoms with Crippen molar-refractivity contribution in [3.8, 4) is 0 Å². The van der Waals surface area contributed by atoms with Crippen molar-refractivity contribution in [2.75, 3.05) is 0 Å². The van der Waals surface area contributed by atoms with Crippen molar-refractivity contribution in [2.45, 2.75) is 37.8 Å². The lowest BCUT2D eigenvalue weighted by Gasteiger charge is -2.32. The van der Waals surface area contributed by atoms with Crippen molar-refractivity contribution in [2.24, 2.45) is 7.05 Å². The minimum atomic E-state index is -2.76. The number of imide groups is 1. The maximum absolute atomic E-state index is 13.1. The number of benzene rings is 1. The number of aromatic nitrogens is 2. The first-order valence-corrected chi connectivity index (χ1v) is 8.41. The van der Waals surface area contributed by atoms with Gasteiger partial charge in [0.2, 0.25) is 0 Å². The van der Waals surface area contributed by atoms with Gasteiger partial charge in [0.1, 0.15) is 11.2 Å². The van der Waals surface area contributed by atoms with E-state index in [0.717, 1.165) is 10.5 Å². The lowest BCUT2D eigenvalue weighted by Crippen LogP contribution is -2.51.